The first-order valence-electron chi connectivity index (χ1n) is 9.93. The van der Waals surface area contributed by atoms with E-state index in [1.54, 1.807) is 12.2 Å². The second-order valence-corrected chi connectivity index (χ2v) is 6.86. The molecule has 0 bridgehead atoms. The average molecular weight is 386 g/mol. The Morgan fingerprint density at radius 1 is 0.862 bits per heavy atom. The minimum absolute atomic E-state index is 0.130. The van der Waals surface area contributed by atoms with Crippen molar-refractivity contribution in [3.63, 3.8) is 0 Å². The zero-order chi connectivity index (χ0) is 20.6. The lowest BCUT2D eigenvalue weighted by Gasteiger charge is -2.20. The van der Waals surface area contributed by atoms with Crippen molar-refractivity contribution in [1.82, 2.24) is 4.98 Å². The van der Waals surface area contributed by atoms with Gasteiger partial charge in [-0.05, 0) is 66.8 Å². The predicted molar refractivity (Wildman–Crippen MR) is 121 cm³/mol. The van der Waals surface area contributed by atoms with Gasteiger partial charge in [-0.3, -0.25) is 9.59 Å². The fourth-order valence-electron chi connectivity index (χ4n) is 3.22. The van der Waals surface area contributed by atoms with Gasteiger partial charge in [0.15, 0.2) is 11.6 Å². The van der Waals surface area contributed by atoms with Crippen LogP contribution in [0.3, 0.4) is 0 Å². The number of hydrogen-bond acceptors (Lipinski definition) is 3. The lowest BCUT2D eigenvalue weighted by atomic mass is 10.1. The van der Waals surface area contributed by atoms with Crippen molar-refractivity contribution in [2.24, 2.45) is 0 Å². The summed E-state index contributed by atoms with van der Waals surface area (Å²) < 4.78 is 0. The summed E-state index contributed by atoms with van der Waals surface area (Å²) in [5.74, 6) is -0.407. The molecule has 0 spiro atoms. The third kappa shape index (κ3) is 5.55. The van der Waals surface area contributed by atoms with E-state index in [0.717, 1.165) is 40.8 Å². The number of aromatic nitrogens is 1. The summed E-state index contributed by atoms with van der Waals surface area (Å²) in [6.07, 6.45) is 8.19. The molecular weight excluding hydrogens is 360 g/mol. The van der Waals surface area contributed by atoms with Crippen LogP contribution in [-0.2, 0) is 9.59 Å². The molecule has 0 aliphatic heterocycles. The smallest absolute Gasteiger partial charge is 0.163 e. The van der Waals surface area contributed by atoms with E-state index in [1.807, 2.05) is 54.7 Å². The summed E-state index contributed by atoms with van der Waals surface area (Å²) in [4.78, 5) is 29.6. The van der Waals surface area contributed by atoms with Gasteiger partial charge in [0.1, 0.15) is 0 Å². The lowest BCUT2D eigenvalue weighted by molar-refractivity contribution is -0.121. The van der Waals surface area contributed by atoms with Crippen LogP contribution < -0.4 is 4.90 Å². The van der Waals surface area contributed by atoms with Crippen molar-refractivity contribution in [2.75, 3.05) is 18.0 Å². The van der Waals surface area contributed by atoms with Gasteiger partial charge in [0.2, 0.25) is 0 Å². The Bertz CT molecular complexity index is 1040. The molecule has 148 valence electrons. The summed E-state index contributed by atoms with van der Waals surface area (Å²) >= 11 is 0. The van der Waals surface area contributed by atoms with E-state index < -0.39 is 0 Å². The quantitative estimate of drug-likeness (QED) is 0.403. The van der Waals surface area contributed by atoms with Gasteiger partial charge in [-0.15, -0.1) is 0 Å². The van der Waals surface area contributed by atoms with Crippen LogP contribution in [0.5, 0.6) is 0 Å². The molecule has 2 aromatic carbocycles. The Morgan fingerprint density at radius 3 is 2.14 bits per heavy atom. The van der Waals surface area contributed by atoms with Crippen molar-refractivity contribution in [1.29, 1.82) is 0 Å². The number of hydrogen-bond donors (Lipinski definition) is 1. The molecule has 29 heavy (non-hydrogen) atoms. The standard InChI is InChI=1S/C25H26N2O2/c1-3-27(4-2)22-11-6-19(7-12-22)8-13-23(28)18-24(29)14-9-20-5-10-21-15-16-26-25(21)17-20/h5-17,26H,3-4,18H2,1-2H3/b13-8+,14-9+. The first-order chi connectivity index (χ1) is 14.1. The topological polar surface area (TPSA) is 53.2 Å². The van der Waals surface area contributed by atoms with Crippen molar-refractivity contribution >= 4 is 40.3 Å². The zero-order valence-corrected chi connectivity index (χ0v) is 16.9. The lowest BCUT2D eigenvalue weighted by Crippen LogP contribution is -2.21. The van der Waals surface area contributed by atoms with E-state index in [9.17, 15) is 9.59 Å². The molecule has 0 saturated carbocycles. The molecule has 0 amide bonds. The van der Waals surface area contributed by atoms with E-state index in [4.69, 9.17) is 0 Å². The van der Waals surface area contributed by atoms with Gasteiger partial charge >= 0.3 is 0 Å². The highest BCUT2D eigenvalue weighted by Gasteiger charge is 2.04. The number of fused-ring (bicyclic) bond motifs is 1. The van der Waals surface area contributed by atoms with Gasteiger partial charge in [-0.1, -0.05) is 36.4 Å². The Hall–Kier alpha value is -3.40. The van der Waals surface area contributed by atoms with Crippen LogP contribution in [0.15, 0.2) is 66.9 Å². The van der Waals surface area contributed by atoms with Gasteiger partial charge in [-0.25, -0.2) is 0 Å². The van der Waals surface area contributed by atoms with Crippen LogP contribution in [0, 0.1) is 0 Å². The number of ketones is 2. The number of aromatic amines is 1. The Kier molecular flexibility index (Phi) is 6.80. The molecule has 3 aromatic rings. The number of rotatable bonds is 9. The highest BCUT2D eigenvalue weighted by atomic mass is 16.1. The molecule has 1 N–H and O–H groups in total. The fraction of sp³-hybridized carbons (Fsp3) is 0.200. The molecule has 1 aromatic heterocycles. The van der Waals surface area contributed by atoms with Crippen molar-refractivity contribution in [3.8, 4) is 0 Å². The van der Waals surface area contributed by atoms with Crippen molar-refractivity contribution < 1.29 is 9.59 Å². The summed E-state index contributed by atoms with van der Waals surface area (Å²) in [6.45, 7) is 6.16. The maximum atomic E-state index is 12.1. The molecule has 1 heterocycles. The van der Waals surface area contributed by atoms with Crippen molar-refractivity contribution in [2.45, 2.75) is 20.3 Å². The summed E-state index contributed by atoms with van der Waals surface area (Å²) in [5, 5.41) is 1.12. The van der Waals surface area contributed by atoms with E-state index in [-0.39, 0.29) is 18.0 Å². The first kappa shape index (κ1) is 20.3. The van der Waals surface area contributed by atoms with Crippen LogP contribution in [0.2, 0.25) is 0 Å². The number of H-pyrrole nitrogens is 1. The molecule has 0 fully saturated rings. The maximum Gasteiger partial charge on any atom is 0.163 e. The highest BCUT2D eigenvalue weighted by Crippen LogP contribution is 2.16. The second kappa shape index (κ2) is 9.69. The Labute approximate surface area is 171 Å². The molecule has 0 aliphatic rings. The maximum absolute atomic E-state index is 12.1. The average Bonchev–Trinajstić information content (AvgIpc) is 3.20. The molecule has 3 rings (SSSR count). The SMILES string of the molecule is CCN(CC)c1ccc(/C=C/C(=O)CC(=O)/C=C/c2ccc3cc[nH]c3c2)cc1. The molecule has 4 nitrogen and oxygen atoms in total. The minimum atomic E-state index is -0.205. The van der Waals surface area contributed by atoms with Crippen LogP contribution in [0.25, 0.3) is 23.1 Å². The monoisotopic (exact) mass is 386 g/mol. The summed E-state index contributed by atoms with van der Waals surface area (Å²) in [6, 6.07) is 16.0. The highest BCUT2D eigenvalue weighted by molar-refractivity contribution is 6.11. The number of anilines is 1. The Balaban J connectivity index is 1.54. The molecule has 0 radical (unpaired) electrons. The molecule has 0 aliphatic carbocycles. The number of nitrogens with one attached hydrogen (secondary N) is 1. The number of nitrogens with zero attached hydrogens (tertiary/aromatic N) is 1. The largest absolute Gasteiger partial charge is 0.372 e. The van der Waals surface area contributed by atoms with E-state index in [0.29, 0.717) is 0 Å². The Morgan fingerprint density at radius 2 is 1.48 bits per heavy atom. The first-order valence-corrected chi connectivity index (χ1v) is 9.93. The molecule has 4 heteroatoms. The third-order valence-electron chi connectivity index (χ3n) is 4.87. The van der Waals surface area contributed by atoms with Crippen LogP contribution >= 0.6 is 0 Å². The van der Waals surface area contributed by atoms with Crippen LogP contribution in [0.1, 0.15) is 31.4 Å². The minimum Gasteiger partial charge on any atom is -0.372 e. The number of carbonyl (C=O) groups excluding carboxylic acids is 2. The molecule has 0 atom stereocenters. The van der Waals surface area contributed by atoms with E-state index in [1.165, 1.54) is 12.2 Å². The van der Waals surface area contributed by atoms with Gasteiger partial charge < -0.3 is 9.88 Å². The van der Waals surface area contributed by atoms with Crippen LogP contribution in [0.4, 0.5) is 5.69 Å². The number of carbonyl (C=O) groups is 2. The fourth-order valence-corrected chi connectivity index (χ4v) is 3.22. The van der Waals surface area contributed by atoms with Gasteiger partial charge in [0.25, 0.3) is 0 Å². The zero-order valence-electron chi connectivity index (χ0n) is 16.9. The summed E-state index contributed by atoms with van der Waals surface area (Å²) in [5.41, 5.74) is 4.04. The third-order valence-corrected chi connectivity index (χ3v) is 4.87. The second-order valence-electron chi connectivity index (χ2n) is 6.86. The van der Waals surface area contributed by atoms with E-state index in [2.05, 4.69) is 23.7 Å². The summed E-state index contributed by atoms with van der Waals surface area (Å²) in [7, 11) is 0. The van der Waals surface area contributed by atoms with Crippen LogP contribution in [-0.4, -0.2) is 29.6 Å². The number of benzene rings is 2. The molecule has 0 saturated heterocycles. The van der Waals surface area contributed by atoms with Gasteiger partial charge in [-0.2, -0.15) is 0 Å². The van der Waals surface area contributed by atoms with E-state index >= 15 is 0 Å². The number of allylic oxidation sites excluding steroid dienone is 2. The van der Waals surface area contributed by atoms with Gasteiger partial charge in [0.05, 0.1) is 6.42 Å². The van der Waals surface area contributed by atoms with Crippen molar-refractivity contribution in [3.05, 3.63) is 78.0 Å². The predicted octanol–water partition coefficient (Wildman–Crippen LogP) is 5.27. The van der Waals surface area contributed by atoms with Gasteiger partial charge in [0, 0.05) is 30.5 Å². The molecule has 0 unspecified atom stereocenters. The molecular formula is C25H26N2O2. The normalized spacial score (nSPS) is 11.5.